The summed E-state index contributed by atoms with van der Waals surface area (Å²) in [5, 5.41) is 0. The normalized spacial score (nSPS) is 24.5. The van der Waals surface area contributed by atoms with E-state index in [4.69, 9.17) is 4.74 Å². The molecule has 1 aliphatic heterocycles. The molecular formula is C9H16O2Si. The standard InChI is InChI=1S/C9H16O2Si/c1-2-8(10)7-12-9-5-3-4-6-11-9/h2,9H,1,3-7,12H2. The molecule has 0 aromatic carbocycles. The Kier molecular flexibility index (Phi) is 4.25. The minimum atomic E-state index is -0.336. The van der Waals surface area contributed by atoms with Crippen LogP contribution >= 0.6 is 0 Å². The molecule has 1 aliphatic rings. The summed E-state index contributed by atoms with van der Waals surface area (Å²) in [5.41, 5.74) is 0.461. The van der Waals surface area contributed by atoms with Crippen molar-refractivity contribution in [2.45, 2.75) is 31.0 Å². The van der Waals surface area contributed by atoms with Gasteiger partial charge in [0.15, 0.2) is 5.78 Å². The number of allylic oxidation sites excluding steroid dienone is 1. The number of hydrogen-bond acceptors (Lipinski definition) is 2. The summed E-state index contributed by atoms with van der Waals surface area (Å²) in [7, 11) is -0.336. The van der Waals surface area contributed by atoms with Crippen LogP contribution < -0.4 is 0 Å². The second-order valence-corrected chi connectivity index (χ2v) is 5.19. The largest absolute Gasteiger partial charge is 0.382 e. The van der Waals surface area contributed by atoms with Crippen molar-refractivity contribution in [3.63, 3.8) is 0 Å². The molecule has 0 saturated carbocycles. The van der Waals surface area contributed by atoms with Crippen molar-refractivity contribution in [2.75, 3.05) is 6.61 Å². The maximum absolute atomic E-state index is 10.9. The smallest absolute Gasteiger partial charge is 0.152 e. The van der Waals surface area contributed by atoms with Gasteiger partial charge in [-0.3, -0.25) is 4.79 Å². The highest BCUT2D eigenvalue weighted by molar-refractivity contribution is 6.43. The Bertz CT molecular complexity index is 162. The summed E-state index contributed by atoms with van der Waals surface area (Å²) < 4.78 is 5.55. The summed E-state index contributed by atoms with van der Waals surface area (Å²) in [6, 6.07) is 0.730. The third-order valence-electron chi connectivity index (χ3n) is 2.21. The van der Waals surface area contributed by atoms with E-state index < -0.39 is 0 Å². The van der Waals surface area contributed by atoms with E-state index in [0.717, 1.165) is 12.7 Å². The van der Waals surface area contributed by atoms with Gasteiger partial charge in [-0.25, -0.2) is 0 Å². The first kappa shape index (κ1) is 9.67. The molecule has 1 heterocycles. The first-order valence-corrected chi connectivity index (χ1v) is 6.41. The average molecular weight is 184 g/mol. The molecule has 0 aromatic heterocycles. The predicted molar refractivity (Wildman–Crippen MR) is 52.1 cm³/mol. The van der Waals surface area contributed by atoms with E-state index in [1.807, 2.05) is 0 Å². The van der Waals surface area contributed by atoms with E-state index in [1.54, 1.807) is 0 Å². The molecule has 1 unspecified atom stereocenters. The Hall–Kier alpha value is -0.413. The van der Waals surface area contributed by atoms with Gasteiger partial charge in [0, 0.05) is 18.4 Å². The Balaban J connectivity index is 2.12. The highest BCUT2D eigenvalue weighted by Gasteiger charge is 2.14. The Morgan fingerprint density at radius 3 is 3.08 bits per heavy atom. The van der Waals surface area contributed by atoms with Gasteiger partial charge in [-0.15, -0.1) is 0 Å². The molecule has 0 amide bonds. The number of ketones is 1. The van der Waals surface area contributed by atoms with E-state index in [0.29, 0.717) is 5.73 Å². The van der Waals surface area contributed by atoms with Crippen LogP contribution in [0.1, 0.15) is 19.3 Å². The molecule has 1 saturated heterocycles. The van der Waals surface area contributed by atoms with Gasteiger partial charge in [-0.2, -0.15) is 0 Å². The fourth-order valence-corrected chi connectivity index (χ4v) is 3.16. The van der Waals surface area contributed by atoms with Crippen LogP contribution in [0.15, 0.2) is 12.7 Å². The van der Waals surface area contributed by atoms with Crippen molar-refractivity contribution >= 4 is 15.3 Å². The molecule has 1 rings (SSSR count). The molecule has 3 heteroatoms. The number of carbonyl (C=O) groups excluding carboxylic acids is 1. The van der Waals surface area contributed by atoms with Crippen LogP contribution in [-0.4, -0.2) is 27.6 Å². The molecule has 2 nitrogen and oxygen atoms in total. The highest BCUT2D eigenvalue weighted by Crippen LogP contribution is 2.12. The van der Waals surface area contributed by atoms with Gasteiger partial charge in [-0.1, -0.05) is 6.58 Å². The van der Waals surface area contributed by atoms with Crippen LogP contribution in [0.2, 0.25) is 6.04 Å². The minimum absolute atomic E-state index is 0.191. The van der Waals surface area contributed by atoms with Crippen LogP contribution in [0.3, 0.4) is 0 Å². The van der Waals surface area contributed by atoms with Gasteiger partial charge in [-0.05, 0) is 25.3 Å². The second kappa shape index (κ2) is 5.27. The SMILES string of the molecule is C=CC(=O)C[SiH2]C1CCCCO1. The lowest BCUT2D eigenvalue weighted by molar-refractivity contribution is -0.112. The Morgan fingerprint density at radius 2 is 2.50 bits per heavy atom. The molecule has 1 atom stereocenters. The predicted octanol–water partition coefficient (Wildman–Crippen LogP) is 0.855. The van der Waals surface area contributed by atoms with E-state index in [-0.39, 0.29) is 15.3 Å². The van der Waals surface area contributed by atoms with Crippen molar-refractivity contribution in [1.82, 2.24) is 0 Å². The van der Waals surface area contributed by atoms with Gasteiger partial charge >= 0.3 is 0 Å². The van der Waals surface area contributed by atoms with Crippen LogP contribution in [0.5, 0.6) is 0 Å². The highest BCUT2D eigenvalue weighted by atomic mass is 28.2. The maximum atomic E-state index is 10.9. The lowest BCUT2D eigenvalue weighted by Crippen LogP contribution is -2.26. The van der Waals surface area contributed by atoms with Crippen LogP contribution in [0.4, 0.5) is 0 Å². The molecule has 0 bridgehead atoms. The van der Waals surface area contributed by atoms with Crippen molar-refractivity contribution < 1.29 is 9.53 Å². The van der Waals surface area contributed by atoms with Crippen molar-refractivity contribution in [3.05, 3.63) is 12.7 Å². The van der Waals surface area contributed by atoms with Crippen LogP contribution in [-0.2, 0) is 9.53 Å². The first-order valence-electron chi connectivity index (χ1n) is 4.60. The van der Waals surface area contributed by atoms with E-state index >= 15 is 0 Å². The molecule has 0 aliphatic carbocycles. The molecule has 1 fully saturated rings. The summed E-state index contributed by atoms with van der Waals surface area (Å²) in [6.45, 7) is 4.36. The summed E-state index contributed by atoms with van der Waals surface area (Å²) in [5.74, 6) is 0.191. The summed E-state index contributed by atoms with van der Waals surface area (Å²) in [6.07, 6.45) is 5.08. The lowest BCUT2D eigenvalue weighted by atomic mass is 10.2. The maximum Gasteiger partial charge on any atom is 0.152 e. The van der Waals surface area contributed by atoms with Gasteiger partial charge < -0.3 is 4.74 Å². The van der Waals surface area contributed by atoms with Crippen LogP contribution in [0, 0.1) is 0 Å². The zero-order valence-electron chi connectivity index (χ0n) is 7.42. The number of rotatable bonds is 4. The van der Waals surface area contributed by atoms with Gasteiger partial charge in [0.1, 0.15) is 0 Å². The topological polar surface area (TPSA) is 26.3 Å². The molecule has 68 valence electrons. The van der Waals surface area contributed by atoms with Gasteiger partial charge in [0.05, 0.1) is 9.52 Å². The van der Waals surface area contributed by atoms with Crippen LogP contribution in [0.25, 0.3) is 0 Å². The fourth-order valence-electron chi connectivity index (χ4n) is 1.44. The second-order valence-electron chi connectivity index (χ2n) is 3.20. The zero-order valence-corrected chi connectivity index (χ0v) is 8.84. The average Bonchev–Trinajstić information content (AvgIpc) is 2.16. The number of carbonyl (C=O) groups is 1. The lowest BCUT2D eigenvalue weighted by Gasteiger charge is -2.21. The molecule has 0 aromatic rings. The van der Waals surface area contributed by atoms with E-state index in [2.05, 4.69) is 6.58 Å². The minimum Gasteiger partial charge on any atom is -0.382 e. The Morgan fingerprint density at radius 1 is 1.67 bits per heavy atom. The zero-order chi connectivity index (χ0) is 8.81. The van der Waals surface area contributed by atoms with Gasteiger partial charge in [0.25, 0.3) is 0 Å². The summed E-state index contributed by atoms with van der Waals surface area (Å²) in [4.78, 5) is 10.9. The molecule has 12 heavy (non-hydrogen) atoms. The molecular weight excluding hydrogens is 168 g/mol. The van der Waals surface area contributed by atoms with Crippen molar-refractivity contribution in [2.24, 2.45) is 0 Å². The molecule has 0 radical (unpaired) electrons. The molecule has 0 spiro atoms. The molecule has 0 N–H and O–H groups in total. The number of hydrogen-bond donors (Lipinski definition) is 0. The number of ether oxygens (including phenoxy) is 1. The first-order chi connectivity index (χ1) is 5.83. The quantitative estimate of drug-likeness (QED) is 0.478. The van der Waals surface area contributed by atoms with E-state index in [1.165, 1.54) is 25.3 Å². The van der Waals surface area contributed by atoms with Gasteiger partial charge in [0.2, 0.25) is 0 Å². The monoisotopic (exact) mass is 184 g/mol. The summed E-state index contributed by atoms with van der Waals surface area (Å²) >= 11 is 0. The third-order valence-corrected chi connectivity index (χ3v) is 4.28. The fraction of sp³-hybridized carbons (Fsp3) is 0.667. The van der Waals surface area contributed by atoms with Crippen molar-refractivity contribution in [3.8, 4) is 0 Å². The third kappa shape index (κ3) is 3.32. The van der Waals surface area contributed by atoms with Crippen molar-refractivity contribution in [1.29, 1.82) is 0 Å². The van der Waals surface area contributed by atoms with E-state index in [9.17, 15) is 4.79 Å². The Labute approximate surface area is 75.8 Å².